The number of unbranched alkanes of at least 4 members (excludes halogenated alkanes) is 3. The summed E-state index contributed by atoms with van der Waals surface area (Å²) in [6.45, 7) is 4.74. The second kappa shape index (κ2) is 10.6. The Morgan fingerprint density at radius 3 is 2.83 bits per heavy atom. The average Bonchev–Trinajstić information content (AvgIpc) is 3.08. The van der Waals surface area contributed by atoms with E-state index in [1.807, 2.05) is 10.9 Å². The maximum Gasteiger partial charge on any atom is 0.160 e. The number of nitrogens with one attached hydrogen (secondary N) is 1. The molecule has 0 aliphatic carbocycles. The summed E-state index contributed by atoms with van der Waals surface area (Å²) < 4.78 is 1.82. The van der Waals surface area contributed by atoms with E-state index in [-0.39, 0.29) is 12.0 Å². The highest BCUT2D eigenvalue weighted by Gasteiger charge is 2.29. The minimum Gasteiger partial charge on any atom is -0.330 e. The molecule has 2 rings (SSSR count). The molecule has 0 aromatic carbocycles. The van der Waals surface area contributed by atoms with Gasteiger partial charge in [0, 0.05) is 12.1 Å². The van der Waals surface area contributed by atoms with Crippen molar-refractivity contribution < 1.29 is 4.79 Å². The Balaban J connectivity index is 2.02. The van der Waals surface area contributed by atoms with Gasteiger partial charge in [-0.1, -0.05) is 25.0 Å². The largest absolute Gasteiger partial charge is 0.330 e. The summed E-state index contributed by atoms with van der Waals surface area (Å²) in [6, 6.07) is -0.174. The lowest BCUT2D eigenvalue weighted by Gasteiger charge is -2.26. The number of ketones is 1. The van der Waals surface area contributed by atoms with E-state index in [1.54, 1.807) is 0 Å². The van der Waals surface area contributed by atoms with Gasteiger partial charge in [0.05, 0.1) is 5.69 Å². The smallest absolute Gasteiger partial charge is 0.160 e. The average molecular weight is 335 g/mol. The minimum atomic E-state index is -0.174. The van der Waals surface area contributed by atoms with Gasteiger partial charge in [-0.25, -0.2) is 4.68 Å². The Morgan fingerprint density at radius 1 is 1.33 bits per heavy atom. The first-order valence-electron chi connectivity index (χ1n) is 9.61. The van der Waals surface area contributed by atoms with Crippen molar-refractivity contribution in [2.75, 3.05) is 19.6 Å². The van der Waals surface area contributed by atoms with E-state index in [0.717, 1.165) is 63.7 Å². The molecule has 2 heterocycles. The van der Waals surface area contributed by atoms with E-state index >= 15 is 0 Å². The van der Waals surface area contributed by atoms with Crippen LogP contribution < -0.4 is 11.1 Å². The molecular formula is C18H33N5O. The molecule has 1 unspecified atom stereocenters. The first kappa shape index (κ1) is 19.1. The Bertz CT molecular complexity index is 482. The second-order valence-electron chi connectivity index (χ2n) is 6.87. The zero-order chi connectivity index (χ0) is 17.2. The predicted molar refractivity (Wildman–Crippen MR) is 95.8 cm³/mol. The van der Waals surface area contributed by atoms with Crippen LogP contribution in [0.15, 0.2) is 6.20 Å². The van der Waals surface area contributed by atoms with Gasteiger partial charge in [-0.15, -0.1) is 5.10 Å². The van der Waals surface area contributed by atoms with Crippen molar-refractivity contribution in [1.29, 1.82) is 0 Å². The van der Waals surface area contributed by atoms with Crippen molar-refractivity contribution in [2.45, 2.75) is 70.8 Å². The summed E-state index contributed by atoms with van der Waals surface area (Å²) in [5.41, 5.74) is 6.62. The zero-order valence-electron chi connectivity index (χ0n) is 15.0. The summed E-state index contributed by atoms with van der Waals surface area (Å²) in [5.74, 6) is 0.486. The Morgan fingerprint density at radius 2 is 2.12 bits per heavy atom. The number of hydrogen-bond acceptors (Lipinski definition) is 5. The van der Waals surface area contributed by atoms with Gasteiger partial charge in [-0.3, -0.25) is 4.79 Å². The number of nitrogens with two attached hydrogens (primary N) is 1. The Hall–Kier alpha value is -1.27. The van der Waals surface area contributed by atoms with Gasteiger partial charge in [0.2, 0.25) is 0 Å². The number of rotatable bonds is 11. The molecule has 6 nitrogen and oxygen atoms in total. The van der Waals surface area contributed by atoms with Crippen LogP contribution >= 0.6 is 0 Å². The van der Waals surface area contributed by atoms with Crippen molar-refractivity contribution in [3.05, 3.63) is 11.9 Å². The predicted octanol–water partition coefficient (Wildman–Crippen LogP) is 2.25. The van der Waals surface area contributed by atoms with Gasteiger partial charge in [0.25, 0.3) is 0 Å². The summed E-state index contributed by atoms with van der Waals surface area (Å²) in [4.78, 5) is 13.0. The van der Waals surface area contributed by atoms with Crippen LogP contribution in [0.25, 0.3) is 0 Å². The number of nitrogens with zero attached hydrogens (tertiary/aromatic N) is 3. The summed E-state index contributed by atoms with van der Waals surface area (Å²) in [6.07, 6.45) is 11.1. The van der Waals surface area contributed by atoms with Crippen LogP contribution in [0.5, 0.6) is 0 Å². The lowest BCUT2D eigenvalue weighted by Crippen LogP contribution is -2.35. The van der Waals surface area contributed by atoms with Gasteiger partial charge < -0.3 is 11.1 Å². The van der Waals surface area contributed by atoms with E-state index in [1.165, 1.54) is 12.8 Å². The Kier molecular flexibility index (Phi) is 8.39. The number of hydrogen-bond donors (Lipinski definition) is 2. The molecule has 1 aliphatic rings. The molecule has 136 valence electrons. The SMILES string of the molecule is CCCCCc1cn(C(CCCCN)C(=O)C2CCNCC2)nn1. The number of carbonyl (C=O) groups excluding carboxylic acids is 1. The molecule has 0 bridgehead atoms. The topological polar surface area (TPSA) is 85.8 Å². The third kappa shape index (κ3) is 5.67. The maximum atomic E-state index is 13.0. The van der Waals surface area contributed by atoms with Crippen molar-refractivity contribution in [3.8, 4) is 0 Å². The van der Waals surface area contributed by atoms with Crippen molar-refractivity contribution in [3.63, 3.8) is 0 Å². The standard InChI is InChI=1S/C18H33N5O/c1-2-3-4-7-16-14-23(22-21-16)17(8-5-6-11-19)18(24)15-9-12-20-13-10-15/h14-15,17,20H,2-13,19H2,1H3. The number of piperidine rings is 1. The van der Waals surface area contributed by atoms with Crippen LogP contribution in [0.2, 0.25) is 0 Å². The highest BCUT2D eigenvalue weighted by atomic mass is 16.1. The van der Waals surface area contributed by atoms with Crippen LogP contribution in [-0.2, 0) is 11.2 Å². The van der Waals surface area contributed by atoms with Gasteiger partial charge in [0.1, 0.15) is 6.04 Å². The second-order valence-corrected chi connectivity index (χ2v) is 6.87. The van der Waals surface area contributed by atoms with Crippen LogP contribution in [0.4, 0.5) is 0 Å². The summed E-state index contributed by atoms with van der Waals surface area (Å²) in [5, 5.41) is 11.9. The maximum absolute atomic E-state index is 13.0. The fourth-order valence-electron chi connectivity index (χ4n) is 3.40. The number of aromatic nitrogens is 3. The van der Waals surface area contributed by atoms with Crippen molar-refractivity contribution in [1.82, 2.24) is 20.3 Å². The zero-order valence-corrected chi connectivity index (χ0v) is 15.0. The minimum absolute atomic E-state index is 0.155. The molecule has 1 aromatic rings. The molecule has 6 heteroatoms. The monoisotopic (exact) mass is 335 g/mol. The van der Waals surface area contributed by atoms with Crippen LogP contribution in [0.1, 0.15) is 70.0 Å². The molecule has 1 aromatic heterocycles. The lowest BCUT2D eigenvalue weighted by molar-refractivity contribution is -0.127. The quantitative estimate of drug-likeness (QED) is 0.606. The molecule has 0 radical (unpaired) electrons. The molecule has 0 spiro atoms. The normalized spacial score (nSPS) is 17.1. The number of Topliss-reactive ketones (excluding diaryl/α,β-unsaturated/α-hetero) is 1. The summed E-state index contributed by atoms with van der Waals surface area (Å²) in [7, 11) is 0. The van der Waals surface area contributed by atoms with Gasteiger partial charge >= 0.3 is 0 Å². The van der Waals surface area contributed by atoms with E-state index in [0.29, 0.717) is 12.3 Å². The third-order valence-electron chi connectivity index (χ3n) is 4.92. The van der Waals surface area contributed by atoms with E-state index in [9.17, 15) is 4.79 Å². The molecule has 1 fully saturated rings. The molecular weight excluding hydrogens is 302 g/mol. The fourth-order valence-corrected chi connectivity index (χ4v) is 3.40. The molecule has 1 atom stereocenters. The molecule has 1 saturated heterocycles. The number of carbonyl (C=O) groups is 1. The van der Waals surface area contributed by atoms with Crippen molar-refractivity contribution in [2.24, 2.45) is 11.7 Å². The van der Waals surface area contributed by atoms with E-state index in [4.69, 9.17) is 5.73 Å². The van der Waals surface area contributed by atoms with Crippen molar-refractivity contribution >= 4 is 5.78 Å². The first-order chi connectivity index (χ1) is 11.8. The van der Waals surface area contributed by atoms with Gasteiger partial charge in [-0.05, 0) is 64.6 Å². The number of aryl methyl sites for hydroxylation is 1. The highest BCUT2D eigenvalue weighted by molar-refractivity contribution is 5.85. The molecule has 1 aliphatic heterocycles. The summed E-state index contributed by atoms with van der Waals surface area (Å²) >= 11 is 0. The van der Waals surface area contributed by atoms with E-state index in [2.05, 4.69) is 22.6 Å². The Labute approximate surface area is 145 Å². The fraction of sp³-hybridized carbons (Fsp3) is 0.833. The molecule has 3 N–H and O–H groups in total. The first-order valence-corrected chi connectivity index (χ1v) is 9.61. The van der Waals surface area contributed by atoms with Gasteiger partial charge in [0.15, 0.2) is 5.78 Å². The van der Waals surface area contributed by atoms with Gasteiger partial charge in [-0.2, -0.15) is 0 Å². The van der Waals surface area contributed by atoms with E-state index < -0.39 is 0 Å². The van der Waals surface area contributed by atoms with Crippen LogP contribution in [0.3, 0.4) is 0 Å². The van der Waals surface area contributed by atoms with Crippen LogP contribution in [0, 0.1) is 5.92 Å². The molecule has 0 saturated carbocycles. The lowest BCUT2D eigenvalue weighted by atomic mass is 9.88. The molecule has 24 heavy (non-hydrogen) atoms. The van der Waals surface area contributed by atoms with Crippen LogP contribution in [-0.4, -0.2) is 40.4 Å². The highest BCUT2D eigenvalue weighted by Crippen LogP contribution is 2.24. The molecule has 0 amide bonds. The third-order valence-corrected chi connectivity index (χ3v) is 4.92.